The maximum atomic E-state index is 3.64. The summed E-state index contributed by atoms with van der Waals surface area (Å²) in [7, 11) is 0. The number of hydrogen-bond acceptors (Lipinski definition) is 1. The molecule has 1 saturated heterocycles. The third kappa shape index (κ3) is 3.32. The van der Waals surface area contributed by atoms with Crippen LogP contribution in [0.5, 0.6) is 0 Å². The Balaban J connectivity index is 1.98. The maximum Gasteiger partial charge on any atom is 0.0207 e. The van der Waals surface area contributed by atoms with Gasteiger partial charge in [-0.2, -0.15) is 0 Å². The van der Waals surface area contributed by atoms with Gasteiger partial charge in [0, 0.05) is 10.5 Å². The van der Waals surface area contributed by atoms with Crippen LogP contribution in [0.3, 0.4) is 0 Å². The van der Waals surface area contributed by atoms with Crippen LogP contribution >= 0.6 is 15.9 Å². The number of nitrogens with one attached hydrogen (secondary N) is 1. The van der Waals surface area contributed by atoms with Gasteiger partial charge in [-0.3, -0.25) is 0 Å². The molecule has 0 bridgehead atoms. The van der Waals surface area contributed by atoms with Crippen LogP contribution in [0.15, 0.2) is 28.7 Å². The molecule has 0 amide bonds. The summed E-state index contributed by atoms with van der Waals surface area (Å²) in [6.07, 6.45) is 6.58. The first-order valence-electron chi connectivity index (χ1n) is 5.83. The van der Waals surface area contributed by atoms with Crippen LogP contribution < -0.4 is 5.32 Å². The van der Waals surface area contributed by atoms with Gasteiger partial charge in [0.2, 0.25) is 0 Å². The van der Waals surface area contributed by atoms with Crippen molar-refractivity contribution in [3.8, 4) is 0 Å². The molecule has 2 rings (SSSR count). The zero-order valence-electron chi connectivity index (χ0n) is 9.01. The van der Waals surface area contributed by atoms with Gasteiger partial charge < -0.3 is 5.32 Å². The maximum absolute atomic E-state index is 3.64. The fourth-order valence-electron chi connectivity index (χ4n) is 2.20. The van der Waals surface area contributed by atoms with Crippen LogP contribution in [0.1, 0.15) is 31.2 Å². The highest BCUT2D eigenvalue weighted by atomic mass is 79.9. The molecule has 0 aromatic heterocycles. The first kappa shape index (κ1) is 11.2. The van der Waals surface area contributed by atoms with Crippen molar-refractivity contribution in [2.75, 3.05) is 6.54 Å². The van der Waals surface area contributed by atoms with Gasteiger partial charge in [-0.25, -0.2) is 0 Å². The Labute approximate surface area is 100 Å². The van der Waals surface area contributed by atoms with E-state index >= 15 is 0 Å². The lowest BCUT2D eigenvalue weighted by Crippen LogP contribution is -2.30. The van der Waals surface area contributed by atoms with Crippen molar-refractivity contribution < 1.29 is 0 Å². The summed E-state index contributed by atoms with van der Waals surface area (Å²) in [6.45, 7) is 1.19. The van der Waals surface area contributed by atoms with Crippen molar-refractivity contribution in [2.24, 2.45) is 0 Å². The molecule has 1 aliphatic rings. The minimum Gasteiger partial charge on any atom is -0.314 e. The Hall–Kier alpha value is -0.340. The molecule has 1 fully saturated rings. The predicted octanol–water partition coefficient (Wildman–Crippen LogP) is 3.52. The fourth-order valence-corrected chi connectivity index (χ4v) is 2.65. The topological polar surface area (TPSA) is 12.0 Å². The first-order chi connectivity index (χ1) is 7.36. The minimum absolute atomic E-state index is 0.672. The van der Waals surface area contributed by atoms with Gasteiger partial charge in [0.25, 0.3) is 0 Å². The number of rotatable bonds is 2. The number of halogens is 1. The van der Waals surface area contributed by atoms with E-state index < -0.39 is 0 Å². The normalized spacial score (nSPS) is 22.3. The second-order valence-corrected chi connectivity index (χ2v) is 5.15. The van der Waals surface area contributed by atoms with E-state index in [0.717, 1.165) is 6.42 Å². The molecular weight excluding hydrogens is 250 g/mol. The van der Waals surface area contributed by atoms with Gasteiger partial charge in [0.1, 0.15) is 0 Å². The SMILES string of the molecule is Brc1ccccc1CC1CCCCCN1. The van der Waals surface area contributed by atoms with Crippen molar-refractivity contribution in [2.45, 2.75) is 38.1 Å². The summed E-state index contributed by atoms with van der Waals surface area (Å²) in [4.78, 5) is 0. The Morgan fingerprint density at radius 1 is 1.20 bits per heavy atom. The summed E-state index contributed by atoms with van der Waals surface area (Å²) >= 11 is 3.61. The van der Waals surface area contributed by atoms with E-state index in [1.165, 1.54) is 42.3 Å². The van der Waals surface area contributed by atoms with E-state index in [2.05, 4.69) is 45.5 Å². The summed E-state index contributed by atoms with van der Waals surface area (Å²) in [5, 5.41) is 3.64. The van der Waals surface area contributed by atoms with Crippen molar-refractivity contribution >= 4 is 15.9 Å². The quantitative estimate of drug-likeness (QED) is 0.865. The molecule has 0 spiro atoms. The highest BCUT2D eigenvalue weighted by Gasteiger charge is 2.12. The van der Waals surface area contributed by atoms with Gasteiger partial charge in [0.05, 0.1) is 0 Å². The van der Waals surface area contributed by atoms with Gasteiger partial charge in [0.15, 0.2) is 0 Å². The molecule has 0 radical (unpaired) electrons. The molecule has 0 saturated carbocycles. The van der Waals surface area contributed by atoms with Crippen LogP contribution in [-0.2, 0) is 6.42 Å². The molecule has 1 heterocycles. The van der Waals surface area contributed by atoms with E-state index in [0.29, 0.717) is 6.04 Å². The zero-order valence-corrected chi connectivity index (χ0v) is 10.6. The molecule has 1 aliphatic heterocycles. The fraction of sp³-hybridized carbons (Fsp3) is 0.538. The Bertz CT molecular complexity index is 303. The van der Waals surface area contributed by atoms with Crippen LogP contribution in [0.2, 0.25) is 0 Å². The minimum atomic E-state index is 0.672. The zero-order chi connectivity index (χ0) is 10.5. The molecule has 15 heavy (non-hydrogen) atoms. The summed E-state index contributed by atoms with van der Waals surface area (Å²) in [5.74, 6) is 0. The largest absolute Gasteiger partial charge is 0.314 e. The number of hydrogen-bond donors (Lipinski definition) is 1. The Kier molecular flexibility index (Phi) is 4.21. The van der Waals surface area contributed by atoms with Gasteiger partial charge in [-0.1, -0.05) is 47.0 Å². The van der Waals surface area contributed by atoms with Crippen LogP contribution in [0.25, 0.3) is 0 Å². The molecular formula is C13H18BrN. The molecule has 82 valence electrons. The van der Waals surface area contributed by atoms with E-state index in [9.17, 15) is 0 Å². The second-order valence-electron chi connectivity index (χ2n) is 4.30. The standard InChI is InChI=1S/C13H18BrN/c14-13-8-4-3-6-11(13)10-12-7-2-1-5-9-15-12/h3-4,6,8,12,15H,1-2,5,7,9-10H2. The van der Waals surface area contributed by atoms with Crippen molar-refractivity contribution in [1.29, 1.82) is 0 Å². The molecule has 1 nitrogen and oxygen atoms in total. The van der Waals surface area contributed by atoms with Gasteiger partial charge in [-0.15, -0.1) is 0 Å². The van der Waals surface area contributed by atoms with Gasteiger partial charge in [-0.05, 0) is 37.4 Å². The lowest BCUT2D eigenvalue weighted by atomic mass is 10.0. The summed E-state index contributed by atoms with van der Waals surface area (Å²) < 4.78 is 1.25. The Morgan fingerprint density at radius 3 is 2.93 bits per heavy atom. The average molecular weight is 268 g/mol. The first-order valence-corrected chi connectivity index (χ1v) is 6.62. The van der Waals surface area contributed by atoms with E-state index in [1.54, 1.807) is 0 Å². The third-order valence-corrected chi connectivity index (χ3v) is 3.86. The van der Waals surface area contributed by atoms with Crippen molar-refractivity contribution in [3.63, 3.8) is 0 Å². The molecule has 1 aromatic rings. The van der Waals surface area contributed by atoms with Crippen molar-refractivity contribution in [3.05, 3.63) is 34.3 Å². The molecule has 2 heteroatoms. The molecule has 1 aromatic carbocycles. The van der Waals surface area contributed by atoms with E-state index in [-0.39, 0.29) is 0 Å². The van der Waals surface area contributed by atoms with E-state index in [4.69, 9.17) is 0 Å². The molecule has 1 atom stereocenters. The van der Waals surface area contributed by atoms with Crippen LogP contribution in [-0.4, -0.2) is 12.6 Å². The summed E-state index contributed by atoms with van der Waals surface area (Å²) in [5.41, 5.74) is 1.43. The van der Waals surface area contributed by atoms with Gasteiger partial charge >= 0.3 is 0 Å². The summed E-state index contributed by atoms with van der Waals surface area (Å²) in [6, 6.07) is 9.22. The van der Waals surface area contributed by atoms with Crippen molar-refractivity contribution in [1.82, 2.24) is 5.32 Å². The van der Waals surface area contributed by atoms with Crippen LogP contribution in [0, 0.1) is 0 Å². The monoisotopic (exact) mass is 267 g/mol. The van der Waals surface area contributed by atoms with Crippen LogP contribution in [0.4, 0.5) is 0 Å². The van der Waals surface area contributed by atoms with E-state index in [1.807, 2.05) is 0 Å². The smallest absolute Gasteiger partial charge is 0.0207 e. The molecule has 1 unspecified atom stereocenters. The lowest BCUT2D eigenvalue weighted by Gasteiger charge is -2.16. The molecule has 0 aliphatic carbocycles. The Morgan fingerprint density at radius 2 is 2.07 bits per heavy atom. The highest BCUT2D eigenvalue weighted by molar-refractivity contribution is 9.10. The molecule has 1 N–H and O–H groups in total. The second kappa shape index (κ2) is 5.66. The highest BCUT2D eigenvalue weighted by Crippen LogP contribution is 2.20. The third-order valence-electron chi connectivity index (χ3n) is 3.09. The predicted molar refractivity (Wildman–Crippen MR) is 68.1 cm³/mol. The lowest BCUT2D eigenvalue weighted by molar-refractivity contribution is 0.507. The number of benzene rings is 1. The average Bonchev–Trinajstić information content (AvgIpc) is 2.50.